The van der Waals surface area contributed by atoms with Gasteiger partial charge in [0.2, 0.25) is 0 Å². The molecule has 3 aromatic rings. The molecule has 3 nitrogen and oxygen atoms in total. The summed E-state index contributed by atoms with van der Waals surface area (Å²) in [5.41, 5.74) is 4.05. The van der Waals surface area contributed by atoms with Crippen LogP contribution in [0.5, 0.6) is 0 Å². The normalized spacial score (nSPS) is 16.6. The van der Waals surface area contributed by atoms with Gasteiger partial charge in [0, 0.05) is 43.0 Å². The van der Waals surface area contributed by atoms with Crippen LogP contribution in [0.4, 0.5) is 0 Å². The smallest absolute Gasteiger partial charge is 0.0914 e. The monoisotopic (exact) mass is 397 g/mol. The third kappa shape index (κ3) is 4.27. The van der Waals surface area contributed by atoms with Gasteiger partial charge in [0.25, 0.3) is 0 Å². The second-order valence-electron chi connectivity index (χ2n) is 7.60. The molecule has 0 bridgehead atoms. The van der Waals surface area contributed by atoms with Crippen molar-refractivity contribution < 1.29 is 0 Å². The summed E-state index contributed by atoms with van der Waals surface area (Å²) in [4.78, 5) is 10.6. The first kappa shape index (κ1) is 18.2. The van der Waals surface area contributed by atoms with Gasteiger partial charge in [-0.05, 0) is 28.7 Å². The van der Waals surface area contributed by atoms with Crippen molar-refractivity contribution in [3.63, 3.8) is 0 Å². The summed E-state index contributed by atoms with van der Waals surface area (Å²) in [5, 5.41) is 1.29. The second kappa shape index (κ2) is 8.24. The van der Waals surface area contributed by atoms with Gasteiger partial charge in [-0.3, -0.25) is 4.90 Å². The molecular weight excluding hydrogens is 374 g/mol. The van der Waals surface area contributed by atoms with Crippen LogP contribution in [-0.4, -0.2) is 42.3 Å². The predicted octanol–water partition coefficient (Wildman–Crippen LogP) is 4.76. The van der Waals surface area contributed by atoms with Crippen LogP contribution < -0.4 is 0 Å². The Morgan fingerprint density at radius 2 is 1.86 bits per heavy atom. The zero-order valence-electron chi connectivity index (χ0n) is 16.3. The third-order valence-electron chi connectivity index (χ3n) is 5.43. The van der Waals surface area contributed by atoms with Crippen LogP contribution in [0.25, 0.3) is 10.1 Å². The van der Waals surface area contributed by atoms with Crippen LogP contribution in [0.1, 0.15) is 16.9 Å². The minimum atomic E-state index is 0.813. The Kier molecular flexibility index (Phi) is 5.17. The van der Waals surface area contributed by atoms with Crippen molar-refractivity contribution in [1.29, 1.82) is 0 Å². The standard InChI is InChI=1S/C25H23N3S/c1-2-7-20(8-3-1)16-28-18-22-17-27(14-12-24(22)26-19-28)13-6-10-23-15-21-9-4-5-11-25(21)29-23/h1-5,7-9,11,15,19H,12-14,16-18H2. The van der Waals surface area contributed by atoms with Crippen molar-refractivity contribution in [1.82, 2.24) is 9.80 Å². The van der Waals surface area contributed by atoms with Gasteiger partial charge in [-0.1, -0.05) is 60.4 Å². The number of benzene rings is 2. The van der Waals surface area contributed by atoms with E-state index in [2.05, 4.69) is 82.3 Å². The van der Waals surface area contributed by atoms with E-state index in [0.29, 0.717) is 0 Å². The van der Waals surface area contributed by atoms with E-state index in [1.807, 2.05) is 6.34 Å². The Bertz CT molecular complexity index is 1100. The number of aliphatic imine (C=N–C) groups is 1. The topological polar surface area (TPSA) is 18.8 Å². The quantitative estimate of drug-likeness (QED) is 0.594. The first-order valence-electron chi connectivity index (χ1n) is 10.1. The Morgan fingerprint density at radius 3 is 2.76 bits per heavy atom. The van der Waals surface area contributed by atoms with Gasteiger partial charge in [-0.2, -0.15) is 0 Å². The molecule has 3 heterocycles. The Morgan fingerprint density at radius 1 is 1.00 bits per heavy atom. The van der Waals surface area contributed by atoms with E-state index >= 15 is 0 Å². The molecule has 0 N–H and O–H groups in total. The van der Waals surface area contributed by atoms with Crippen molar-refractivity contribution in [3.05, 3.63) is 82.4 Å². The van der Waals surface area contributed by atoms with Crippen LogP contribution in [0.15, 0.2) is 76.9 Å². The number of nitrogens with zero attached hydrogens (tertiary/aromatic N) is 3. The average molecular weight is 398 g/mol. The van der Waals surface area contributed by atoms with Gasteiger partial charge in [-0.25, -0.2) is 4.99 Å². The molecule has 2 aromatic carbocycles. The van der Waals surface area contributed by atoms with E-state index in [0.717, 1.165) is 44.0 Å². The van der Waals surface area contributed by atoms with Crippen LogP contribution >= 0.6 is 11.3 Å². The van der Waals surface area contributed by atoms with E-state index < -0.39 is 0 Å². The molecule has 0 atom stereocenters. The lowest BCUT2D eigenvalue weighted by atomic mass is 10.0. The largest absolute Gasteiger partial charge is 0.354 e. The summed E-state index contributed by atoms with van der Waals surface area (Å²) in [7, 11) is 0. The zero-order chi connectivity index (χ0) is 19.5. The molecule has 0 unspecified atom stereocenters. The average Bonchev–Trinajstić information content (AvgIpc) is 3.17. The van der Waals surface area contributed by atoms with Gasteiger partial charge in [-0.15, -0.1) is 11.3 Å². The highest BCUT2D eigenvalue weighted by Crippen LogP contribution is 2.25. The summed E-state index contributed by atoms with van der Waals surface area (Å²) in [6, 6.07) is 21.3. The Labute approximate surface area is 176 Å². The molecule has 0 amide bonds. The number of rotatable bonds is 3. The SMILES string of the molecule is C(#Cc1cc2ccccc2s1)CN1CCC2=C(CN(Cc3ccccc3)C=N2)C1. The fraction of sp³-hybridized carbons (Fsp3) is 0.240. The first-order chi connectivity index (χ1) is 14.3. The Balaban J connectivity index is 1.20. The number of hydrogen-bond donors (Lipinski definition) is 0. The highest BCUT2D eigenvalue weighted by molar-refractivity contribution is 7.19. The van der Waals surface area contributed by atoms with Crippen LogP contribution in [0.3, 0.4) is 0 Å². The maximum Gasteiger partial charge on any atom is 0.0914 e. The highest BCUT2D eigenvalue weighted by Gasteiger charge is 2.22. The molecule has 0 spiro atoms. The zero-order valence-corrected chi connectivity index (χ0v) is 17.2. The summed E-state index contributed by atoms with van der Waals surface area (Å²) >= 11 is 1.78. The lowest BCUT2D eigenvalue weighted by Crippen LogP contribution is -2.38. The molecule has 2 aliphatic rings. The molecule has 144 valence electrons. The Hall–Kier alpha value is -2.87. The van der Waals surface area contributed by atoms with Gasteiger partial charge >= 0.3 is 0 Å². The summed E-state index contributed by atoms with van der Waals surface area (Å²) < 4.78 is 1.31. The maximum atomic E-state index is 4.74. The minimum absolute atomic E-state index is 0.813. The molecule has 4 heteroatoms. The summed E-state index contributed by atoms with van der Waals surface area (Å²) in [6.07, 6.45) is 3.04. The van der Waals surface area contributed by atoms with Gasteiger partial charge in [0.15, 0.2) is 0 Å². The molecule has 1 aromatic heterocycles. The molecule has 0 radical (unpaired) electrons. The van der Waals surface area contributed by atoms with Crippen LogP contribution in [0.2, 0.25) is 0 Å². The fourth-order valence-corrected chi connectivity index (χ4v) is 4.88. The second-order valence-corrected chi connectivity index (χ2v) is 8.68. The van der Waals surface area contributed by atoms with Crippen molar-refractivity contribution in [2.45, 2.75) is 13.0 Å². The molecule has 2 aliphatic heterocycles. The molecule has 29 heavy (non-hydrogen) atoms. The lowest BCUT2D eigenvalue weighted by Gasteiger charge is -2.33. The first-order valence-corrected chi connectivity index (χ1v) is 10.9. The molecule has 0 saturated heterocycles. The molecule has 0 fully saturated rings. The molecular formula is C25H23N3S. The van der Waals surface area contributed by atoms with E-state index in [-0.39, 0.29) is 0 Å². The lowest BCUT2D eigenvalue weighted by molar-refractivity contribution is 0.300. The maximum absolute atomic E-state index is 4.74. The minimum Gasteiger partial charge on any atom is -0.354 e. The van der Waals surface area contributed by atoms with E-state index in [1.54, 1.807) is 11.3 Å². The summed E-state index contributed by atoms with van der Waals surface area (Å²) in [6.45, 7) is 4.70. The van der Waals surface area contributed by atoms with E-state index in [9.17, 15) is 0 Å². The molecule has 0 saturated carbocycles. The van der Waals surface area contributed by atoms with Crippen molar-refractivity contribution in [3.8, 4) is 11.8 Å². The van der Waals surface area contributed by atoms with Crippen LogP contribution in [0, 0.1) is 11.8 Å². The number of hydrogen-bond acceptors (Lipinski definition) is 4. The fourth-order valence-electron chi connectivity index (χ4n) is 3.95. The molecule has 0 aliphatic carbocycles. The molecule has 5 rings (SSSR count). The van der Waals surface area contributed by atoms with Crippen molar-refractivity contribution >= 4 is 27.8 Å². The number of thiophene rings is 1. The van der Waals surface area contributed by atoms with Gasteiger partial charge < -0.3 is 4.90 Å². The number of fused-ring (bicyclic) bond motifs is 1. The van der Waals surface area contributed by atoms with E-state index in [1.165, 1.54) is 26.9 Å². The third-order valence-corrected chi connectivity index (χ3v) is 6.46. The van der Waals surface area contributed by atoms with Crippen molar-refractivity contribution in [2.75, 3.05) is 26.2 Å². The van der Waals surface area contributed by atoms with Crippen LogP contribution in [-0.2, 0) is 6.54 Å². The van der Waals surface area contributed by atoms with Gasteiger partial charge in [0.05, 0.1) is 17.8 Å². The summed E-state index contributed by atoms with van der Waals surface area (Å²) in [5.74, 6) is 6.76. The van der Waals surface area contributed by atoms with Crippen molar-refractivity contribution in [2.24, 2.45) is 4.99 Å². The van der Waals surface area contributed by atoms with E-state index in [4.69, 9.17) is 4.99 Å². The predicted molar refractivity (Wildman–Crippen MR) is 122 cm³/mol. The highest BCUT2D eigenvalue weighted by atomic mass is 32.1. The van der Waals surface area contributed by atoms with Gasteiger partial charge in [0.1, 0.15) is 0 Å².